The highest BCUT2D eigenvalue weighted by Crippen LogP contribution is 2.27. The number of hydrogen-bond acceptors (Lipinski definition) is 5. The second-order valence-corrected chi connectivity index (χ2v) is 7.09. The average molecular weight is 280 g/mol. The van der Waals surface area contributed by atoms with Crippen LogP contribution in [0.25, 0.3) is 0 Å². The predicted octanol–water partition coefficient (Wildman–Crippen LogP) is 2.31. The zero-order valence-electron chi connectivity index (χ0n) is 12.1. The molecule has 5 heteroatoms. The summed E-state index contributed by atoms with van der Waals surface area (Å²) in [5, 5.41) is 4.69. The molecule has 0 aromatic carbocycles. The summed E-state index contributed by atoms with van der Waals surface area (Å²) in [5.74, 6) is 1.02. The maximum absolute atomic E-state index is 4.73. The zero-order valence-corrected chi connectivity index (χ0v) is 12.9. The third-order valence-electron chi connectivity index (χ3n) is 3.15. The minimum absolute atomic E-state index is 0.660. The lowest BCUT2D eigenvalue weighted by atomic mass is 10.3. The van der Waals surface area contributed by atoms with Crippen LogP contribution in [0, 0.1) is 0 Å². The van der Waals surface area contributed by atoms with E-state index in [2.05, 4.69) is 47.7 Å². The molecule has 4 nitrogen and oxygen atoms in total. The van der Waals surface area contributed by atoms with Gasteiger partial charge in [-0.1, -0.05) is 20.8 Å². The van der Waals surface area contributed by atoms with Crippen molar-refractivity contribution >= 4 is 17.6 Å². The molecule has 1 aliphatic rings. The van der Waals surface area contributed by atoms with Gasteiger partial charge in [0.1, 0.15) is 5.82 Å². The SMILES string of the molecule is CCCNCc1cncc(N2CC(C)SC(C)C2)n1. The molecule has 1 N–H and O–H groups in total. The van der Waals surface area contributed by atoms with E-state index >= 15 is 0 Å². The second kappa shape index (κ2) is 7.10. The van der Waals surface area contributed by atoms with Crippen molar-refractivity contribution < 1.29 is 0 Å². The molecule has 2 atom stereocenters. The largest absolute Gasteiger partial charge is 0.353 e. The maximum atomic E-state index is 4.73. The number of thioether (sulfide) groups is 1. The Morgan fingerprint density at radius 2 is 2.05 bits per heavy atom. The first-order valence-corrected chi connectivity index (χ1v) is 8.05. The van der Waals surface area contributed by atoms with E-state index in [1.165, 1.54) is 0 Å². The van der Waals surface area contributed by atoms with Gasteiger partial charge in [0, 0.05) is 36.3 Å². The quantitative estimate of drug-likeness (QED) is 0.838. The Kier molecular flexibility index (Phi) is 5.45. The van der Waals surface area contributed by atoms with E-state index in [1.54, 1.807) is 0 Å². The lowest BCUT2D eigenvalue weighted by Crippen LogP contribution is -2.41. The smallest absolute Gasteiger partial charge is 0.147 e. The molecule has 0 radical (unpaired) electrons. The number of hydrogen-bond donors (Lipinski definition) is 1. The average Bonchev–Trinajstić information content (AvgIpc) is 2.38. The molecule has 0 aliphatic carbocycles. The first-order chi connectivity index (χ1) is 9.19. The van der Waals surface area contributed by atoms with Crippen LogP contribution in [0.5, 0.6) is 0 Å². The molecule has 0 amide bonds. The Morgan fingerprint density at radius 1 is 1.32 bits per heavy atom. The number of nitrogens with zero attached hydrogens (tertiary/aromatic N) is 3. The molecule has 2 rings (SSSR count). The highest BCUT2D eigenvalue weighted by Gasteiger charge is 2.23. The van der Waals surface area contributed by atoms with Crippen LogP contribution >= 0.6 is 11.8 Å². The Labute approximate surface area is 120 Å². The van der Waals surface area contributed by atoms with E-state index in [0.29, 0.717) is 10.5 Å². The van der Waals surface area contributed by atoms with E-state index in [0.717, 1.165) is 44.1 Å². The highest BCUT2D eigenvalue weighted by atomic mass is 32.2. The van der Waals surface area contributed by atoms with E-state index < -0.39 is 0 Å². The van der Waals surface area contributed by atoms with Gasteiger partial charge in [0.2, 0.25) is 0 Å². The van der Waals surface area contributed by atoms with Crippen LogP contribution in [0.2, 0.25) is 0 Å². The van der Waals surface area contributed by atoms with Crippen LogP contribution < -0.4 is 10.2 Å². The van der Waals surface area contributed by atoms with Gasteiger partial charge in [0.25, 0.3) is 0 Å². The van der Waals surface area contributed by atoms with Crippen LogP contribution in [0.1, 0.15) is 32.9 Å². The van der Waals surface area contributed by atoms with Crippen molar-refractivity contribution in [3.63, 3.8) is 0 Å². The van der Waals surface area contributed by atoms with Gasteiger partial charge >= 0.3 is 0 Å². The Balaban J connectivity index is 2.01. The molecule has 0 spiro atoms. The minimum Gasteiger partial charge on any atom is -0.353 e. The molecular weight excluding hydrogens is 256 g/mol. The van der Waals surface area contributed by atoms with Crippen molar-refractivity contribution in [1.29, 1.82) is 0 Å². The molecule has 2 heterocycles. The van der Waals surface area contributed by atoms with Gasteiger partial charge in [0.05, 0.1) is 11.9 Å². The molecule has 2 unspecified atom stereocenters. The van der Waals surface area contributed by atoms with Gasteiger partial charge in [-0.15, -0.1) is 0 Å². The van der Waals surface area contributed by atoms with E-state index in [9.17, 15) is 0 Å². The lowest BCUT2D eigenvalue weighted by molar-refractivity contribution is 0.656. The monoisotopic (exact) mass is 280 g/mol. The maximum Gasteiger partial charge on any atom is 0.147 e. The van der Waals surface area contributed by atoms with Gasteiger partial charge < -0.3 is 10.2 Å². The van der Waals surface area contributed by atoms with E-state index in [4.69, 9.17) is 4.98 Å². The fourth-order valence-electron chi connectivity index (χ4n) is 2.39. The third-order valence-corrected chi connectivity index (χ3v) is 4.38. The van der Waals surface area contributed by atoms with Crippen molar-refractivity contribution in [3.8, 4) is 0 Å². The Hall–Kier alpha value is -0.810. The molecular formula is C14H24N4S. The summed E-state index contributed by atoms with van der Waals surface area (Å²) in [4.78, 5) is 11.4. The van der Waals surface area contributed by atoms with Crippen molar-refractivity contribution in [2.45, 2.75) is 44.2 Å². The fraction of sp³-hybridized carbons (Fsp3) is 0.714. The molecule has 1 aromatic rings. The third kappa shape index (κ3) is 4.35. The molecule has 106 valence electrons. The summed E-state index contributed by atoms with van der Waals surface area (Å²) in [5.41, 5.74) is 1.03. The van der Waals surface area contributed by atoms with Crippen LogP contribution in [0.15, 0.2) is 12.4 Å². The summed E-state index contributed by atoms with van der Waals surface area (Å²) in [6, 6.07) is 0. The number of rotatable bonds is 5. The van der Waals surface area contributed by atoms with Crippen LogP contribution in [0.3, 0.4) is 0 Å². The number of anilines is 1. The number of nitrogens with one attached hydrogen (secondary N) is 1. The van der Waals surface area contributed by atoms with E-state index in [1.807, 2.05) is 12.4 Å². The van der Waals surface area contributed by atoms with Gasteiger partial charge in [-0.2, -0.15) is 11.8 Å². The molecule has 1 aliphatic heterocycles. The van der Waals surface area contributed by atoms with Crippen molar-refractivity contribution in [2.75, 3.05) is 24.5 Å². The molecule has 0 bridgehead atoms. The first kappa shape index (κ1) is 14.6. The standard InChI is InChI=1S/C14H24N4S/c1-4-5-15-6-13-7-16-8-14(17-13)18-9-11(2)19-12(3)10-18/h7-8,11-12,15H,4-6,9-10H2,1-3H3. The summed E-state index contributed by atoms with van der Waals surface area (Å²) in [6.45, 7) is 10.7. The first-order valence-electron chi connectivity index (χ1n) is 7.11. The van der Waals surface area contributed by atoms with Gasteiger partial charge in [0.15, 0.2) is 0 Å². The summed E-state index contributed by atoms with van der Waals surface area (Å²) in [7, 11) is 0. The topological polar surface area (TPSA) is 41.1 Å². The van der Waals surface area contributed by atoms with Gasteiger partial charge in [-0.3, -0.25) is 4.98 Å². The van der Waals surface area contributed by atoms with Crippen molar-refractivity contribution in [1.82, 2.24) is 15.3 Å². The van der Waals surface area contributed by atoms with Crippen molar-refractivity contribution in [3.05, 3.63) is 18.1 Å². The van der Waals surface area contributed by atoms with Crippen LogP contribution in [0.4, 0.5) is 5.82 Å². The predicted molar refractivity (Wildman–Crippen MR) is 82.8 cm³/mol. The molecule has 1 aromatic heterocycles. The zero-order chi connectivity index (χ0) is 13.7. The Bertz CT molecular complexity index is 389. The van der Waals surface area contributed by atoms with Crippen molar-refractivity contribution in [2.24, 2.45) is 0 Å². The normalized spacial score (nSPS) is 23.6. The Morgan fingerprint density at radius 3 is 2.74 bits per heavy atom. The summed E-state index contributed by atoms with van der Waals surface area (Å²) in [6.07, 6.45) is 4.89. The van der Waals surface area contributed by atoms with E-state index in [-0.39, 0.29) is 0 Å². The van der Waals surface area contributed by atoms with Crippen LogP contribution in [-0.4, -0.2) is 40.1 Å². The second-order valence-electron chi connectivity index (χ2n) is 5.21. The minimum atomic E-state index is 0.660. The number of aromatic nitrogens is 2. The molecule has 1 fully saturated rings. The highest BCUT2D eigenvalue weighted by molar-refractivity contribution is 8.00. The fourth-order valence-corrected chi connectivity index (χ4v) is 3.72. The van der Waals surface area contributed by atoms with Gasteiger partial charge in [-0.25, -0.2) is 4.98 Å². The molecule has 19 heavy (non-hydrogen) atoms. The van der Waals surface area contributed by atoms with Crippen LogP contribution in [-0.2, 0) is 6.54 Å². The molecule has 0 saturated carbocycles. The molecule has 1 saturated heterocycles. The summed E-state index contributed by atoms with van der Waals surface area (Å²) < 4.78 is 0. The van der Waals surface area contributed by atoms with Gasteiger partial charge in [-0.05, 0) is 13.0 Å². The lowest BCUT2D eigenvalue weighted by Gasteiger charge is -2.35. The summed E-state index contributed by atoms with van der Waals surface area (Å²) >= 11 is 2.06.